The number of rotatable bonds is 14. The highest BCUT2D eigenvalue weighted by molar-refractivity contribution is 7.09. The van der Waals surface area contributed by atoms with E-state index < -0.39 is 12.1 Å². The summed E-state index contributed by atoms with van der Waals surface area (Å²) in [6, 6.07) is 22.3. The number of aromatic nitrogens is 1. The number of aryl methyl sites for hydroxylation is 1. The van der Waals surface area contributed by atoms with Gasteiger partial charge in [0, 0.05) is 81.9 Å². The summed E-state index contributed by atoms with van der Waals surface area (Å²) in [5.41, 5.74) is 5.98. The molecule has 2 atom stereocenters. The summed E-state index contributed by atoms with van der Waals surface area (Å²) in [5, 5.41) is 20.6. The van der Waals surface area contributed by atoms with Gasteiger partial charge in [-0.2, -0.15) is 0 Å². The fourth-order valence-electron chi connectivity index (χ4n) is 4.95. The van der Waals surface area contributed by atoms with Crippen LogP contribution in [0.3, 0.4) is 0 Å². The Balaban J connectivity index is 1.44. The Morgan fingerprint density at radius 2 is 1.53 bits per heavy atom. The van der Waals surface area contributed by atoms with Crippen LogP contribution >= 0.6 is 11.3 Å². The van der Waals surface area contributed by atoms with Gasteiger partial charge in [0.05, 0.1) is 18.7 Å². The molecule has 1 heterocycles. The number of thiazole rings is 1. The molecule has 0 bridgehead atoms. The Kier molecular flexibility index (Phi) is 11.7. The number of aliphatic hydroxyl groups excluding tert-OH is 1. The molecule has 0 saturated carbocycles. The third kappa shape index (κ3) is 9.62. The first-order valence-corrected chi connectivity index (χ1v) is 15.9. The summed E-state index contributed by atoms with van der Waals surface area (Å²) in [7, 11) is 9.78. The lowest BCUT2D eigenvalue weighted by molar-refractivity contribution is 0.0784. The van der Waals surface area contributed by atoms with Gasteiger partial charge in [-0.05, 0) is 60.9 Å². The zero-order valence-electron chi connectivity index (χ0n) is 26.9. The number of nitrogens with zero attached hydrogens (tertiary/aromatic N) is 4. The second-order valence-electron chi connectivity index (χ2n) is 11.7. The van der Waals surface area contributed by atoms with Gasteiger partial charge < -0.3 is 30.4 Å². The first-order chi connectivity index (χ1) is 21.5. The molecule has 3 N–H and O–H groups in total. The molecule has 9 nitrogen and oxygen atoms in total. The van der Waals surface area contributed by atoms with E-state index in [1.807, 2.05) is 70.8 Å². The smallest absolute Gasteiger partial charge is 0.253 e. The van der Waals surface area contributed by atoms with Gasteiger partial charge in [-0.3, -0.25) is 9.59 Å². The number of benzene rings is 3. The molecule has 238 valence electrons. The van der Waals surface area contributed by atoms with E-state index in [1.54, 1.807) is 36.2 Å². The molecule has 3 aromatic carbocycles. The van der Waals surface area contributed by atoms with Gasteiger partial charge in [-0.25, -0.2) is 4.98 Å². The van der Waals surface area contributed by atoms with Gasteiger partial charge in [0.15, 0.2) is 0 Å². The number of amides is 2. The Morgan fingerprint density at radius 3 is 2.16 bits per heavy atom. The predicted molar refractivity (Wildman–Crippen MR) is 183 cm³/mol. The molecular formula is C35H44N6O3S. The summed E-state index contributed by atoms with van der Waals surface area (Å²) in [4.78, 5) is 36.8. The fraction of sp³-hybridized carbons (Fsp3) is 0.343. The number of nitrogens with one attached hydrogen (secondary N) is 2. The average molecular weight is 629 g/mol. The summed E-state index contributed by atoms with van der Waals surface area (Å²) >= 11 is 1.51. The van der Waals surface area contributed by atoms with E-state index >= 15 is 0 Å². The Hall–Kier alpha value is -4.25. The minimum absolute atomic E-state index is 0.196. The molecule has 0 spiro atoms. The van der Waals surface area contributed by atoms with Gasteiger partial charge in [-0.1, -0.05) is 36.4 Å². The van der Waals surface area contributed by atoms with Crippen LogP contribution in [0.4, 0.5) is 11.4 Å². The summed E-state index contributed by atoms with van der Waals surface area (Å²) < 4.78 is 0. The highest BCUT2D eigenvalue weighted by Gasteiger charge is 2.23. The molecule has 0 aliphatic rings. The number of carbonyl (C=O) groups excluding carboxylic acids is 2. The van der Waals surface area contributed by atoms with E-state index in [1.165, 1.54) is 11.3 Å². The van der Waals surface area contributed by atoms with Crippen LogP contribution in [0.1, 0.15) is 42.5 Å². The summed E-state index contributed by atoms with van der Waals surface area (Å²) in [6.45, 7) is 3.15. The molecule has 0 radical (unpaired) electrons. The molecular weight excluding hydrogens is 584 g/mol. The van der Waals surface area contributed by atoms with E-state index in [9.17, 15) is 14.7 Å². The molecule has 0 aliphatic carbocycles. The second kappa shape index (κ2) is 15.7. The van der Waals surface area contributed by atoms with Crippen molar-refractivity contribution >= 4 is 34.5 Å². The molecule has 0 unspecified atom stereocenters. The predicted octanol–water partition coefficient (Wildman–Crippen LogP) is 4.35. The van der Waals surface area contributed by atoms with Crippen molar-refractivity contribution in [2.24, 2.45) is 0 Å². The summed E-state index contributed by atoms with van der Waals surface area (Å²) in [6.07, 6.45) is -0.414. The van der Waals surface area contributed by atoms with Crippen LogP contribution in [-0.2, 0) is 19.5 Å². The molecule has 2 amide bonds. The van der Waals surface area contributed by atoms with Crippen molar-refractivity contribution in [3.8, 4) is 0 Å². The maximum absolute atomic E-state index is 13.5. The monoisotopic (exact) mass is 628 g/mol. The van der Waals surface area contributed by atoms with Crippen molar-refractivity contribution < 1.29 is 14.7 Å². The molecule has 4 aromatic rings. The largest absolute Gasteiger partial charge is 0.390 e. The molecule has 10 heteroatoms. The first kappa shape index (κ1) is 33.6. The topological polar surface area (TPSA) is 101 Å². The van der Waals surface area contributed by atoms with E-state index in [0.717, 1.165) is 33.2 Å². The minimum atomic E-state index is -0.864. The molecule has 4 rings (SSSR count). The van der Waals surface area contributed by atoms with Crippen LogP contribution in [0.2, 0.25) is 0 Å². The Morgan fingerprint density at radius 1 is 0.867 bits per heavy atom. The lowest BCUT2D eigenvalue weighted by Crippen LogP contribution is -2.48. The number of hydrogen-bond donors (Lipinski definition) is 3. The van der Waals surface area contributed by atoms with E-state index in [0.29, 0.717) is 30.6 Å². The zero-order valence-corrected chi connectivity index (χ0v) is 27.8. The van der Waals surface area contributed by atoms with Crippen molar-refractivity contribution in [3.63, 3.8) is 0 Å². The normalized spacial score (nSPS) is 12.3. The highest BCUT2D eigenvalue weighted by atomic mass is 32.1. The van der Waals surface area contributed by atoms with Crippen molar-refractivity contribution in [2.75, 3.05) is 51.6 Å². The zero-order chi connectivity index (χ0) is 32.5. The van der Waals surface area contributed by atoms with Crippen LogP contribution in [0, 0.1) is 6.92 Å². The number of hydrogen-bond acceptors (Lipinski definition) is 8. The molecule has 0 aliphatic heterocycles. The third-order valence-corrected chi connectivity index (χ3v) is 8.47. The standard InChI is InChI=1S/C35H44N6O3S/c1-24-23-45-33(37-24)22-41(6)35(44)28-14-10-13-27(18-28)34(43)38-31(17-25-11-8-7-9-12-25)32(42)21-36-20-26-15-29(39(2)3)19-30(16-26)40(4)5/h7-16,18-19,23,31-32,36,42H,17,20-22H2,1-6H3,(H,38,43)/t31-,32+/m0/s1. The maximum Gasteiger partial charge on any atom is 0.253 e. The number of anilines is 2. The van der Waals surface area contributed by atoms with Crippen LogP contribution in [0.5, 0.6) is 0 Å². The second-order valence-corrected chi connectivity index (χ2v) is 12.7. The number of aliphatic hydroxyl groups is 1. The van der Waals surface area contributed by atoms with Crippen LogP contribution in [0.15, 0.2) is 78.2 Å². The third-order valence-electron chi connectivity index (χ3n) is 7.51. The van der Waals surface area contributed by atoms with Crippen LogP contribution in [-0.4, -0.2) is 80.7 Å². The number of carbonyl (C=O) groups is 2. The fourth-order valence-corrected chi connectivity index (χ4v) is 5.77. The van der Waals surface area contributed by atoms with Crippen LogP contribution < -0.4 is 20.4 Å². The summed E-state index contributed by atoms with van der Waals surface area (Å²) in [5.74, 6) is -0.546. The van der Waals surface area contributed by atoms with Crippen molar-refractivity contribution in [2.45, 2.75) is 38.6 Å². The van der Waals surface area contributed by atoms with Gasteiger partial charge >= 0.3 is 0 Å². The lowest BCUT2D eigenvalue weighted by atomic mass is 10.00. The van der Waals surface area contributed by atoms with Gasteiger partial charge in [0.2, 0.25) is 0 Å². The van der Waals surface area contributed by atoms with Gasteiger partial charge in [0.1, 0.15) is 5.01 Å². The molecule has 45 heavy (non-hydrogen) atoms. The molecule has 1 aromatic heterocycles. The average Bonchev–Trinajstić information content (AvgIpc) is 3.44. The Bertz CT molecular complexity index is 1550. The van der Waals surface area contributed by atoms with Crippen molar-refractivity contribution in [3.05, 3.63) is 111 Å². The van der Waals surface area contributed by atoms with Crippen molar-refractivity contribution in [1.82, 2.24) is 20.5 Å². The Labute approximate surface area is 270 Å². The van der Waals surface area contributed by atoms with Gasteiger partial charge in [0.25, 0.3) is 11.8 Å². The van der Waals surface area contributed by atoms with Crippen LogP contribution in [0.25, 0.3) is 0 Å². The first-order valence-electron chi connectivity index (χ1n) is 15.0. The van der Waals surface area contributed by atoms with E-state index in [4.69, 9.17) is 0 Å². The SMILES string of the molecule is Cc1csc(CN(C)C(=O)c2cccc(C(=O)N[C@@H](Cc3ccccc3)[C@H](O)CNCc3cc(N(C)C)cc(N(C)C)c3)c2)n1. The van der Waals surface area contributed by atoms with Gasteiger partial charge in [-0.15, -0.1) is 11.3 Å². The maximum atomic E-state index is 13.5. The van der Waals surface area contributed by atoms with Crippen molar-refractivity contribution in [1.29, 1.82) is 0 Å². The minimum Gasteiger partial charge on any atom is -0.390 e. The lowest BCUT2D eigenvalue weighted by Gasteiger charge is -2.25. The highest BCUT2D eigenvalue weighted by Crippen LogP contribution is 2.23. The molecule has 0 fully saturated rings. The quantitative estimate of drug-likeness (QED) is 0.191. The van der Waals surface area contributed by atoms with E-state index in [2.05, 4.69) is 43.6 Å². The molecule has 0 saturated heterocycles. The van der Waals surface area contributed by atoms with E-state index in [-0.39, 0.29) is 18.4 Å².